The van der Waals surface area contributed by atoms with E-state index < -0.39 is 0 Å². The predicted octanol–water partition coefficient (Wildman–Crippen LogP) is 4.28. The Morgan fingerprint density at radius 1 is 1.10 bits per heavy atom. The maximum Gasteiger partial charge on any atom is 0.253 e. The van der Waals surface area contributed by atoms with Crippen molar-refractivity contribution in [3.8, 4) is 5.75 Å². The molecule has 1 fully saturated rings. The van der Waals surface area contributed by atoms with Crippen LogP contribution in [0.1, 0.15) is 23.2 Å². The molecule has 0 radical (unpaired) electrons. The van der Waals surface area contributed by atoms with Gasteiger partial charge < -0.3 is 20.3 Å². The van der Waals surface area contributed by atoms with Crippen LogP contribution in [0.25, 0.3) is 0 Å². The van der Waals surface area contributed by atoms with E-state index in [0.29, 0.717) is 16.5 Å². The number of halogens is 1. The number of hydrogen-bond donors (Lipinski definition) is 2. The molecule has 1 aromatic heterocycles. The quantitative estimate of drug-likeness (QED) is 0.599. The lowest BCUT2D eigenvalue weighted by atomic mass is 10.0. The molecule has 160 valence electrons. The second kappa shape index (κ2) is 9.66. The van der Waals surface area contributed by atoms with Crippen LogP contribution in [0.4, 0.5) is 17.5 Å². The van der Waals surface area contributed by atoms with Crippen LogP contribution in [-0.4, -0.2) is 42.1 Å². The highest BCUT2D eigenvalue weighted by Crippen LogP contribution is 2.22. The molecule has 0 atom stereocenters. The molecule has 8 heteroatoms. The molecule has 4 rings (SSSR count). The van der Waals surface area contributed by atoms with Crippen molar-refractivity contribution in [3.63, 3.8) is 0 Å². The summed E-state index contributed by atoms with van der Waals surface area (Å²) in [5.41, 5.74) is 1.43. The van der Waals surface area contributed by atoms with Gasteiger partial charge in [0.25, 0.3) is 5.91 Å². The monoisotopic (exact) mass is 437 g/mol. The van der Waals surface area contributed by atoms with Crippen molar-refractivity contribution in [3.05, 3.63) is 71.4 Å². The second-order valence-electron chi connectivity index (χ2n) is 7.31. The van der Waals surface area contributed by atoms with Gasteiger partial charge in [-0.15, -0.1) is 0 Å². The second-order valence-corrected chi connectivity index (χ2v) is 7.72. The number of anilines is 3. The molecule has 2 aromatic carbocycles. The third-order valence-corrected chi connectivity index (χ3v) is 5.57. The van der Waals surface area contributed by atoms with Gasteiger partial charge in [0.2, 0.25) is 5.95 Å². The number of nitrogens with zero attached hydrogens (tertiary/aromatic N) is 3. The minimum Gasteiger partial charge on any atom is -0.497 e. The molecule has 7 nitrogen and oxygen atoms in total. The number of rotatable bonds is 6. The third-order valence-electron chi connectivity index (χ3n) is 5.24. The zero-order chi connectivity index (χ0) is 21.6. The van der Waals surface area contributed by atoms with Crippen LogP contribution in [0.3, 0.4) is 0 Å². The fraction of sp³-hybridized carbons (Fsp3) is 0.261. The summed E-state index contributed by atoms with van der Waals surface area (Å²) in [5, 5.41) is 6.84. The van der Waals surface area contributed by atoms with Gasteiger partial charge in [-0.25, -0.2) is 4.98 Å². The molecule has 0 saturated carbocycles. The molecular formula is C23H24ClN5O2. The average molecular weight is 438 g/mol. The Bertz CT molecular complexity index is 1040. The van der Waals surface area contributed by atoms with Crippen molar-refractivity contribution in [2.45, 2.75) is 18.9 Å². The van der Waals surface area contributed by atoms with E-state index in [0.717, 1.165) is 43.2 Å². The number of methoxy groups -OCH3 is 1. The third kappa shape index (κ3) is 5.24. The SMILES string of the molecule is COc1ccc(Nc2ccnc(N3CCC(NC(=O)c4ccccc4Cl)CC3)n2)cc1. The van der Waals surface area contributed by atoms with Gasteiger partial charge in [-0.2, -0.15) is 4.98 Å². The summed E-state index contributed by atoms with van der Waals surface area (Å²) in [6.45, 7) is 1.53. The molecule has 0 unspecified atom stereocenters. The summed E-state index contributed by atoms with van der Waals surface area (Å²) in [7, 11) is 1.64. The topological polar surface area (TPSA) is 79.4 Å². The number of nitrogens with one attached hydrogen (secondary N) is 2. The van der Waals surface area contributed by atoms with E-state index in [9.17, 15) is 4.79 Å². The first-order chi connectivity index (χ1) is 15.1. The minimum atomic E-state index is -0.133. The molecule has 3 aromatic rings. The molecule has 2 N–H and O–H groups in total. The van der Waals surface area contributed by atoms with Crippen LogP contribution in [0.2, 0.25) is 5.02 Å². The Labute approximate surface area is 186 Å². The highest BCUT2D eigenvalue weighted by molar-refractivity contribution is 6.33. The number of carbonyl (C=O) groups excluding carboxylic acids is 1. The van der Waals surface area contributed by atoms with Gasteiger partial charge in [-0.05, 0) is 55.3 Å². The molecule has 1 saturated heterocycles. The van der Waals surface area contributed by atoms with E-state index in [2.05, 4.69) is 25.5 Å². The molecule has 0 spiro atoms. The zero-order valence-corrected chi connectivity index (χ0v) is 18.0. The van der Waals surface area contributed by atoms with Gasteiger partial charge in [0.15, 0.2) is 0 Å². The zero-order valence-electron chi connectivity index (χ0n) is 17.2. The maximum absolute atomic E-state index is 12.5. The number of hydrogen-bond acceptors (Lipinski definition) is 6. The van der Waals surface area contributed by atoms with E-state index >= 15 is 0 Å². The van der Waals surface area contributed by atoms with Crippen molar-refractivity contribution >= 4 is 35.0 Å². The Balaban J connectivity index is 1.34. The fourth-order valence-corrected chi connectivity index (χ4v) is 3.75. The molecule has 1 aliphatic rings. The van der Waals surface area contributed by atoms with Crippen molar-refractivity contribution in [2.75, 3.05) is 30.4 Å². The van der Waals surface area contributed by atoms with Gasteiger partial charge in [0.05, 0.1) is 17.7 Å². The molecule has 0 bridgehead atoms. The highest BCUT2D eigenvalue weighted by Gasteiger charge is 2.23. The van der Waals surface area contributed by atoms with E-state index in [4.69, 9.17) is 16.3 Å². The van der Waals surface area contributed by atoms with Crippen LogP contribution in [0.15, 0.2) is 60.8 Å². The Morgan fingerprint density at radius 2 is 1.84 bits per heavy atom. The van der Waals surface area contributed by atoms with Crippen LogP contribution in [0.5, 0.6) is 5.75 Å². The van der Waals surface area contributed by atoms with Gasteiger partial charge in [-0.3, -0.25) is 4.79 Å². The van der Waals surface area contributed by atoms with Crippen molar-refractivity contribution < 1.29 is 9.53 Å². The largest absolute Gasteiger partial charge is 0.497 e. The van der Waals surface area contributed by atoms with Crippen LogP contribution in [0, 0.1) is 0 Å². The lowest BCUT2D eigenvalue weighted by Gasteiger charge is -2.32. The molecule has 0 aliphatic carbocycles. The first-order valence-corrected chi connectivity index (χ1v) is 10.5. The van der Waals surface area contributed by atoms with Crippen molar-refractivity contribution in [1.82, 2.24) is 15.3 Å². The lowest BCUT2D eigenvalue weighted by Crippen LogP contribution is -2.45. The number of ether oxygens (including phenoxy) is 1. The van der Waals surface area contributed by atoms with Gasteiger partial charge in [-0.1, -0.05) is 23.7 Å². The Kier molecular flexibility index (Phi) is 6.52. The fourth-order valence-electron chi connectivity index (χ4n) is 3.52. The number of piperidine rings is 1. The number of benzene rings is 2. The molecule has 31 heavy (non-hydrogen) atoms. The van der Waals surface area contributed by atoms with E-state index in [1.807, 2.05) is 42.5 Å². The van der Waals surface area contributed by atoms with E-state index in [-0.39, 0.29) is 11.9 Å². The van der Waals surface area contributed by atoms with Crippen LogP contribution >= 0.6 is 11.6 Å². The summed E-state index contributed by atoms with van der Waals surface area (Å²) in [5.74, 6) is 2.07. The number of aromatic nitrogens is 2. The van der Waals surface area contributed by atoms with E-state index in [1.165, 1.54) is 0 Å². The van der Waals surface area contributed by atoms with Gasteiger partial charge in [0, 0.05) is 31.0 Å². The summed E-state index contributed by atoms with van der Waals surface area (Å²) in [6, 6.07) is 16.7. The number of carbonyl (C=O) groups is 1. The molecule has 1 amide bonds. The normalized spacial score (nSPS) is 14.2. The van der Waals surface area contributed by atoms with Crippen LogP contribution in [-0.2, 0) is 0 Å². The average Bonchev–Trinajstić information content (AvgIpc) is 2.80. The van der Waals surface area contributed by atoms with Crippen molar-refractivity contribution in [1.29, 1.82) is 0 Å². The smallest absolute Gasteiger partial charge is 0.253 e. The van der Waals surface area contributed by atoms with Gasteiger partial charge in [0.1, 0.15) is 11.6 Å². The summed E-state index contributed by atoms with van der Waals surface area (Å²) in [4.78, 5) is 23.7. The Hall–Kier alpha value is -3.32. The van der Waals surface area contributed by atoms with E-state index in [1.54, 1.807) is 25.4 Å². The summed E-state index contributed by atoms with van der Waals surface area (Å²) in [6.07, 6.45) is 3.38. The molecular weight excluding hydrogens is 414 g/mol. The summed E-state index contributed by atoms with van der Waals surface area (Å²) < 4.78 is 5.19. The summed E-state index contributed by atoms with van der Waals surface area (Å²) >= 11 is 6.13. The molecule has 1 aliphatic heterocycles. The Morgan fingerprint density at radius 3 is 2.55 bits per heavy atom. The first kappa shape index (κ1) is 20.9. The van der Waals surface area contributed by atoms with Gasteiger partial charge >= 0.3 is 0 Å². The maximum atomic E-state index is 12.5. The van der Waals surface area contributed by atoms with Crippen LogP contribution < -0.4 is 20.3 Å². The lowest BCUT2D eigenvalue weighted by molar-refractivity contribution is 0.0931. The number of amides is 1. The van der Waals surface area contributed by atoms with Crippen molar-refractivity contribution in [2.24, 2.45) is 0 Å². The predicted molar refractivity (Wildman–Crippen MR) is 122 cm³/mol. The molecule has 2 heterocycles. The minimum absolute atomic E-state index is 0.0978. The first-order valence-electron chi connectivity index (χ1n) is 10.2. The highest BCUT2D eigenvalue weighted by atomic mass is 35.5. The standard InChI is InChI=1S/C23H24ClN5O2/c1-31-18-8-6-16(7-9-18)26-21-10-13-25-23(28-21)29-14-11-17(12-15-29)27-22(30)19-4-2-3-5-20(19)24/h2-10,13,17H,11-12,14-15H2,1H3,(H,27,30)(H,25,26,28).